The molecule has 1 N–H and O–H groups in total. The highest BCUT2D eigenvalue weighted by Crippen LogP contribution is 2.14. The highest BCUT2D eigenvalue weighted by Gasteiger charge is 2.35. The molecule has 0 aromatic rings. The van der Waals surface area contributed by atoms with Crippen LogP contribution in [0.1, 0.15) is 6.42 Å². The molecule has 2 heterocycles. The van der Waals surface area contributed by atoms with Crippen LogP contribution in [-0.2, 0) is 0 Å². The van der Waals surface area contributed by atoms with E-state index < -0.39 is 6.09 Å². The largest absolute Gasteiger partial charge is 0.623 e. The quantitative estimate of drug-likeness (QED) is 0.424. The monoisotopic (exact) mass is 181 g/mol. The molecule has 0 aromatic heterocycles. The Balaban J connectivity index is 2.47. The molecular formula is C8H9N2O3+. The Bertz CT molecular complexity index is 366. The maximum atomic E-state index is 10.9. The van der Waals surface area contributed by atoms with Crippen LogP contribution in [0.5, 0.6) is 0 Å². The zero-order valence-corrected chi connectivity index (χ0v) is 6.93. The van der Waals surface area contributed by atoms with Gasteiger partial charge in [0.15, 0.2) is 13.1 Å². The Hall–Kier alpha value is -1.65. The van der Waals surface area contributed by atoms with E-state index in [-0.39, 0.29) is 0 Å². The van der Waals surface area contributed by atoms with E-state index in [1.807, 2.05) is 0 Å². The number of fused-ring (bicyclic) bond motifs is 1. The van der Waals surface area contributed by atoms with E-state index in [4.69, 9.17) is 5.11 Å². The Morgan fingerprint density at radius 2 is 2.38 bits per heavy atom. The Labute approximate surface area is 74.5 Å². The van der Waals surface area contributed by atoms with E-state index in [2.05, 4.69) is 0 Å². The molecule has 0 spiro atoms. The lowest BCUT2D eigenvalue weighted by atomic mass is 10.1. The molecule has 1 amide bonds. The lowest BCUT2D eigenvalue weighted by Gasteiger charge is -2.04. The van der Waals surface area contributed by atoms with Crippen molar-refractivity contribution < 1.29 is 19.2 Å². The molecule has 0 radical (unpaired) electrons. The van der Waals surface area contributed by atoms with Gasteiger partial charge < -0.3 is 10.3 Å². The lowest BCUT2D eigenvalue weighted by molar-refractivity contribution is -0.451. The number of hydroxylamine groups is 1. The zero-order chi connectivity index (χ0) is 9.42. The molecule has 0 saturated carbocycles. The normalized spacial score (nSPS) is 20.9. The van der Waals surface area contributed by atoms with Gasteiger partial charge in [-0.1, -0.05) is 0 Å². The molecule has 2 rings (SSSR count). The lowest BCUT2D eigenvalue weighted by Crippen LogP contribution is -2.27. The van der Waals surface area contributed by atoms with Crippen LogP contribution < -0.4 is 0 Å². The standard InChI is InChI=1S/C8H8N2O3/c11-8(12)10-4-2-6-1-3-9(13)5-7(6)10/h1,5H,2-4H2/p+1. The fourth-order valence-corrected chi connectivity index (χ4v) is 1.60. The number of hydrogen-bond acceptors (Lipinski definition) is 2. The summed E-state index contributed by atoms with van der Waals surface area (Å²) in [5, 5.41) is 19.7. The molecule has 2 aliphatic heterocycles. The molecular weight excluding hydrogens is 172 g/mol. The Morgan fingerprint density at radius 3 is 3.08 bits per heavy atom. The highest BCUT2D eigenvalue weighted by molar-refractivity contribution is 6.35. The molecule has 68 valence electrons. The molecule has 0 saturated heterocycles. The van der Waals surface area contributed by atoms with Gasteiger partial charge in [-0.3, -0.25) is 0 Å². The fraction of sp³-hybridized carbons (Fsp3) is 0.375. The van der Waals surface area contributed by atoms with E-state index in [1.165, 1.54) is 10.8 Å². The van der Waals surface area contributed by atoms with Crippen molar-refractivity contribution in [3.05, 3.63) is 16.9 Å². The van der Waals surface area contributed by atoms with E-state index in [9.17, 15) is 10.0 Å². The molecule has 5 heteroatoms. The topological polar surface area (TPSA) is 66.4 Å². The van der Waals surface area contributed by atoms with E-state index >= 15 is 0 Å². The number of hydrogen-bond donors (Lipinski definition) is 1. The van der Waals surface area contributed by atoms with Gasteiger partial charge in [-0.05, 0) is 6.08 Å². The number of amides is 1. The van der Waals surface area contributed by atoms with Gasteiger partial charge in [-0.2, -0.15) is 4.79 Å². The van der Waals surface area contributed by atoms with Crippen LogP contribution in [0.2, 0.25) is 0 Å². The van der Waals surface area contributed by atoms with Gasteiger partial charge in [-0.15, -0.1) is 4.58 Å². The van der Waals surface area contributed by atoms with Crippen molar-refractivity contribution in [3.63, 3.8) is 0 Å². The summed E-state index contributed by atoms with van der Waals surface area (Å²) in [4.78, 5) is 10.7. The zero-order valence-electron chi connectivity index (χ0n) is 6.93. The second-order valence-corrected chi connectivity index (χ2v) is 3.03. The Kier molecular flexibility index (Phi) is 1.65. The molecule has 5 nitrogen and oxygen atoms in total. The van der Waals surface area contributed by atoms with Gasteiger partial charge in [-0.25, -0.2) is 4.74 Å². The van der Waals surface area contributed by atoms with Gasteiger partial charge in [0, 0.05) is 12.0 Å². The van der Waals surface area contributed by atoms with Crippen molar-refractivity contribution in [2.75, 3.05) is 13.1 Å². The van der Waals surface area contributed by atoms with Gasteiger partial charge >= 0.3 is 6.09 Å². The predicted octanol–water partition coefficient (Wildman–Crippen LogP) is 0.0427. The number of carbonyl (C=O) groups is 1. The first-order valence-electron chi connectivity index (χ1n) is 4.04. The predicted molar refractivity (Wildman–Crippen MR) is 45.4 cm³/mol. The third-order valence-corrected chi connectivity index (χ3v) is 2.24. The van der Waals surface area contributed by atoms with Crippen molar-refractivity contribution >= 4 is 18.0 Å². The highest BCUT2D eigenvalue weighted by atomic mass is 16.5. The van der Waals surface area contributed by atoms with Crippen molar-refractivity contribution in [1.82, 2.24) is 0 Å². The maximum Gasteiger partial charge on any atom is 0.594 e. The number of carboxylic acid groups (broad SMARTS) is 1. The molecule has 2 aliphatic rings. The van der Waals surface area contributed by atoms with Gasteiger partial charge in [0.25, 0.3) is 5.71 Å². The fourth-order valence-electron chi connectivity index (χ4n) is 1.60. The van der Waals surface area contributed by atoms with Crippen LogP contribution in [0.25, 0.3) is 0 Å². The van der Waals surface area contributed by atoms with Crippen molar-refractivity contribution in [1.29, 1.82) is 0 Å². The van der Waals surface area contributed by atoms with E-state index in [0.717, 1.165) is 10.3 Å². The molecule has 0 unspecified atom stereocenters. The summed E-state index contributed by atoms with van der Waals surface area (Å²) >= 11 is 0. The van der Waals surface area contributed by atoms with Crippen molar-refractivity contribution in [3.8, 4) is 0 Å². The summed E-state index contributed by atoms with van der Waals surface area (Å²) in [5.41, 5.74) is 1.50. The van der Waals surface area contributed by atoms with Crippen molar-refractivity contribution in [2.24, 2.45) is 0 Å². The number of nitrogens with zero attached hydrogens (tertiary/aromatic N) is 2. The Morgan fingerprint density at radius 1 is 1.62 bits per heavy atom. The van der Waals surface area contributed by atoms with Crippen LogP contribution in [0.15, 0.2) is 11.6 Å². The molecule has 0 bridgehead atoms. The molecule has 13 heavy (non-hydrogen) atoms. The van der Waals surface area contributed by atoms with Crippen LogP contribution in [0.3, 0.4) is 0 Å². The molecule has 0 atom stereocenters. The van der Waals surface area contributed by atoms with Crippen LogP contribution in [0.4, 0.5) is 4.79 Å². The smallest absolute Gasteiger partial charge is 0.594 e. The van der Waals surface area contributed by atoms with Crippen LogP contribution in [-0.4, -0.2) is 45.5 Å². The van der Waals surface area contributed by atoms with Gasteiger partial charge in [0.1, 0.15) is 0 Å². The van der Waals surface area contributed by atoms with Gasteiger partial charge in [0.05, 0.1) is 0 Å². The number of rotatable bonds is 0. The summed E-state index contributed by atoms with van der Waals surface area (Å²) in [6.45, 7) is 0.785. The SMILES string of the molecule is O=C(O)[N+]1=C2C=[N+]([O-])CC=C2CC1. The first kappa shape index (κ1) is 7.97. The summed E-state index contributed by atoms with van der Waals surface area (Å²) in [6, 6.07) is 0. The summed E-state index contributed by atoms with van der Waals surface area (Å²) in [5.74, 6) is 0. The van der Waals surface area contributed by atoms with E-state index in [0.29, 0.717) is 25.2 Å². The molecule has 0 fully saturated rings. The second kappa shape index (κ2) is 2.69. The first-order valence-corrected chi connectivity index (χ1v) is 4.04. The molecule has 0 aromatic carbocycles. The van der Waals surface area contributed by atoms with E-state index in [1.54, 1.807) is 6.08 Å². The third-order valence-electron chi connectivity index (χ3n) is 2.24. The summed E-state index contributed by atoms with van der Waals surface area (Å²) in [7, 11) is 0. The third kappa shape index (κ3) is 1.22. The molecule has 0 aliphatic carbocycles. The first-order chi connectivity index (χ1) is 6.18. The minimum Gasteiger partial charge on any atom is -0.623 e. The van der Waals surface area contributed by atoms with Crippen molar-refractivity contribution in [2.45, 2.75) is 6.42 Å². The van der Waals surface area contributed by atoms with Gasteiger partial charge in [0.2, 0.25) is 6.21 Å². The maximum absolute atomic E-state index is 10.9. The van der Waals surface area contributed by atoms with Crippen LogP contribution in [0, 0.1) is 5.21 Å². The second-order valence-electron chi connectivity index (χ2n) is 3.03. The van der Waals surface area contributed by atoms with Crippen LogP contribution >= 0.6 is 0 Å². The summed E-state index contributed by atoms with van der Waals surface area (Å²) in [6.07, 6.45) is 2.85. The minimum absolute atomic E-state index is 0.326. The summed E-state index contributed by atoms with van der Waals surface area (Å²) < 4.78 is 1.94. The average molecular weight is 181 g/mol. The average Bonchev–Trinajstić information content (AvgIpc) is 2.46. The minimum atomic E-state index is -0.995.